The normalized spacial score (nSPS) is 16.2. The highest BCUT2D eigenvalue weighted by atomic mass is 32.2. The summed E-state index contributed by atoms with van der Waals surface area (Å²) in [5, 5.41) is 3.78. The number of carbonyl (C=O) groups excluding carboxylic acids is 2. The molecule has 0 aliphatic carbocycles. The third-order valence-corrected chi connectivity index (χ3v) is 4.70. The van der Waals surface area contributed by atoms with Crippen molar-refractivity contribution in [3.8, 4) is 0 Å². The molecule has 2 aromatic rings. The van der Waals surface area contributed by atoms with E-state index in [0.29, 0.717) is 33.9 Å². The van der Waals surface area contributed by atoms with Crippen LogP contribution in [-0.2, 0) is 0 Å². The van der Waals surface area contributed by atoms with Crippen LogP contribution in [0, 0.1) is 0 Å². The summed E-state index contributed by atoms with van der Waals surface area (Å²) in [5.74, 6) is -0.0503. The molecule has 0 fully saturated rings. The summed E-state index contributed by atoms with van der Waals surface area (Å²) in [5.41, 5.74) is 1.81. The fraction of sp³-hybridized carbons (Fsp3) is 0.222. The largest absolute Gasteiger partial charge is 0.332 e. The molecule has 0 radical (unpaired) electrons. The molecule has 2 heterocycles. The van der Waals surface area contributed by atoms with E-state index in [4.69, 9.17) is 0 Å². The van der Waals surface area contributed by atoms with Crippen molar-refractivity contribution < 1.29 is 9.59 Å². The van der Waals surface area contributed by atoms with E-state index in [0.717, 1.165) is 0 Å². The monoisotopic (exact) mass is 354 g/mol. The van der Waals surface area contributed by atoms with E-state index in [1.165, 1.54) is 23.6 Å². The van der Waals surface area contributed by atoms with Gasteiger partial charge in [-0.2, -0.15) is 0 Å². The summed E-state index contributed by atoms with van der Waals surface area (Å²) < 4.78 is 0. The summed E-state index contributed by atoms with van der Waals surface area (Å²) in [6.45, 7) is 4.22. The number of hydrogen-bond acceptors (Lipinski definition) is 5. The van der Waals surface area contributed by atoms with Gasteiger partial charge in [-0.25, -0.2) is 9.69 Å². The molecule has 1 aromatic heterocycles. The van der Waals surface area contributed by atoms with Gasteiger partial charge in [-0.05, 0) is 31.2 Å². The molecule has 1 aliphatic heterocycles. The van der Waals surface area contributed by atoms with Gasteiger partial charge in [-0.1, -0.05) is 30.8 Å². The number of rotatable bonds is 3. The molecule has 0 saturated heterocycles. The first kappa shape index (κ1) is 17.2. The van der Waals surface area contributed by atoms with Gasteiger partial charge in [-0.3, -0.25) is 14.8 Å². The van der Waals surface area contributed by atoms with Crippen LogP contribution in [0.4, 0.5) is 16.2 Å². The molecule has 7 heteroatoms. The van der Waals surface area contributed by atoms with Gasteiger partial charge in [0.25, 0.3) is 0 Å². The molecular weight excluding hydrogens is 336 g/mol. The SMILES string of the molecule is CC(=O)c1cccc(N(C(=O)Nc2ccncc2)C2=NC[C@H](C)S2)c1. The number of nitrogens with zero attached hydrogens (tertiary/aromatic N) is 3. The number of Topliss-reactive ketones (excluding diaryl/α,β-unsaturated/α-hetero) is 1. The third-order valence-electron chi connectivity index (χ3n) is 3.63. The Labute approximate surface area is 150 Å². The lowest BCUT2D eigenvalue weighted by molar-refractivity contribution is 0.101. The minimum atomic E-state index is -0.327. The van der Waals surface area contributed by atoms with Gasteiger partial charge in [0.2, 0.25) is 0 Å². The third kappa shape index (κ3) is 4.06. The number of ketones is 1. The van der Waals surface area contributed by atoms with Crippen LogP contribution < -0.4 is 10.2 Å². The van der Waals surface area contributed by atoms with Gasteiger partial charge >= 0.3 is 6.03 Å². The fourth-order valence-electron chi connectivity index (χ4n) is 2.38. The molecule has 128 valence electrons. The van der Waals surface area contributed by atoms with E-state index in [1.807, 2.05) is 0 Å². The Balaban J connectivity index is 1.94. The number of aromatic nitrogens is 1. The molecule has 0 saturated carbocycles. The lowest BCUT2D eigenvalue weighted by atomic mass is 10.1. The second-order valence-electron chi connectivity index (χ2n) is 5.66. The highest BCUT2D eigenvalue weighted by Gasteiger charge is 2.27. The minimum Gasteiger partial charge on any atom is -0.307 e. The van der Waals surface area contributed by atoms with Crippen LogP contribution in [0.15, 0.2) is 53.8 Å². The lowest BCUT2D eigenvalue weighted by Gasteiger charge is -2.23. The van der Waals surface area contributed by atoms with Crippen LogP contribution in [0.3, 0.4) is 0 Å². The second kappa shape index (κ2) is 7.48. The number of amidine groups is 1. The van der Waals surface area contributed by atoms with Crippen molar-refractivity contribution in [2.75, 3.05) is 16.8 Å². The number of amides is 2. The quantitative estimate of drug-likeness (QED) is 0.851. The van der Waals surface area contributed by atoms with Crippen LogP contribution in [-0.4, -0.2) is 33.8 Å². The highest BCUT2D eigenvalue weighted by molar-refractivity contribution is 8.15. The first-order valence-electron chi connectivity index (χ1n) is 7.88. The number of thioether (sulfide) groups is 1. The number of benzene rings is 1. The number of aliphatic imine (C=N–C) groups is 1. The van der Waals surface area contributed by atoms with Crippen LogP contribution in [0.2, 0.25) is 0 Å². The maximum Gasteiger partial charge on any atom is 0.332 e. The van der Waals surface area contributed by atoms with Crippen LogP contribution in [0.5, 0.6) is 0 Å². The van der Waals surface area contributed by atoms with Crippen molar-refractivity contribution in [1.82, 2.24) is 4.98 Å². The Morgan fingerprint density at radius 2 is 2.00 bits per heavy atom. The Morgan fingerprint density at radius 3 is 2.64 bits per heavy atom. The molecule has 2 amide bonds. The number of carbonyl (C=O) groups is 2. The van der Waals surface area contributed by atoms with Crippen molar-refractivity contribution in [3.63, 3.8) is 0 Å². The van der Waals surface area contributed by atoms with E-state index in [1.54, 1.807) is 48.8 Å². The van der Waals surface area contributed by atoms with Crippen LogP contribution in [0.1, 0.15) is 24.2 Å². The molecule has 25 heavy (non-hydrogen) atoms. The van der Waals surface area contributed by atoms with E-state index < -0.39 is 0 Å². The predicted octanol–water partition coefficient (Wildman–Crippen LogP) is 3.81. The molecule has 0 spiro atoms. The summed E-state index contributed by atoms with van der Waals surface area (Å²) in [4.78, 5) is 34.5. The topological polar surface area (TPSA) is 74.7 Å². The summed E-state index contributed by atoms with van der Waals surface area (Å²) in [6.07, 6.45) is 3.22. The van der Waals surface area contributed by atoms with E-state index in [-0.39, 0.29) is 11.8 Å². The molecule has 1 atom stereocenters. The smallest absolute Gasteiger partial charge is 0.307 e. The molecule has 0 bridgehead atoms. The maximum absolute atomic E-state index is 12.9. The number of anilines is 2. The van der Waals surface area contributed by atoms with Crippen LogP contribution >= 0.6 is 11.8 Å². The highest BCUT2D eigenvalue weighted by Crippen LogP contribution is 2.28. The zero-order valence-electron chi connectivity index (χ0n) is 14.0. The zero-order chi connectivity index (χ0) is 17.8. The number of urea groups is 1. The Morgan fingerprint density at radius 1 is 1.24 bits per heavy atom. The van der Waals surface area contributed by atoms with E-state index in [9.17, 15) is 9.59 Å². The minimum absolute atomic E-state index is 0.0503. The van der Waals surface area contributed by atoms with Crippen molar-refractivity contribution in [2.24, 2.45) is 4.99 Å². The van der Waals surface area contributed by atoms with Gasteiger partial charge in [0.15, 0.2) is 11.0 Å². The van der Waals surface area contributed by atoms with E-state index in [2.05, 4.69) is 22.2 Å². The van der Waals surface area contributed by atoms with Crippen molar-refractivity contribution >= 4 is 40.1 Å². The van der Waals surface area contributed by atoms with E-state index >= 15 is 0 Å². The van der Waals surface area contributed by atoms with Gasteiger partial charge in [0.05, 0.1) is 12.2 Å². The Kier molecular flexibility index (Phi) is 5.14. The number of hydrogen-bond donors (Lipinski definition) is 1. The molecule has 1 N–H and O–H groups in total. The Bertz CT molecular complexity index is 823. The zero-order valence-corrected chi connectivity index (χ0v) is 14.8. The second-order valence-corrected chi connectivity index (χ2v) is 7.07. The van der Waals surface area contributed by atoms with Gasteiger partial charge < -0.3 is 5.32 Å². The molecule has 1 aromatic carbocycles. The average molecular weight is 354 g/mol. The average Bonchev–Trinajstić information content (AvgIpc) is 3.02. The van der Waals surface area contributed by atoms with Crippen molar-refractivity contribution in [1.29, 1.82) is 0 Å². The summed E-state index contributed by atoms with van der Waals surface area (Å²) in [6, 6.07) is 10.1. The van der Waals surface area contributed by atoms with Gasteiger partial charge in [-0.15, -0.1) is 0 Å². The summed E-state index contributed by atoms with van der Waals surface area (Å²) in [7, 11) is 0. The molecule has 6 nitrogen and oxygen atoms in total. The van der Waals surface area contributed by atoms with Crippen molar-refractivity contribution in [3.05, 3.63) is 54.4 Å². The van der Waals surface area contributed by atoms with Gasteiger partial charge in [0, 0.05) is 28.9 Å². The van der Waals surface area contributed by atoms with Crippen molar-refractivity contribution in [2.45, 2.75) is 19.1 Å². The maximum atomic E-state index is 12.9. The van der Waals surface area contributed by atoms with Crippen LogP contribution in [0.25, 0.3) is 0 Å². The predicted molar refractivity (Wildman–Crippen MR) is 102 cm³/mol. The fourth-order valence-corrected chi connectivity index (χ4v) is 3.33. The Hall–Kier alpha value is -2.67. The number of nitrogens with one attached hydrogen (secondary N) is 1. The first-order valence-corrected chi connectivity index (χ1v) is 8.76. The molecule has 3 rings (SSSR count). The van der Waals surface area contributed by atoms with Gasteiger partial charge in [0.1, 0.15) is 0 Å². The molecule has 0 unspecified atom stereocenters. The first-order chi connectivity index (χ1) is 12.0. The molecular formula is C18H18N4O2S. The number of pyridine rings is 1. The summed E-state index contributed by atoms with van der Waals surface area (Å²) >= 11 is 1.54. The molecule has 1 aliphatic rings. The lowest BCUT2D eigenvalue weighted by Crippen LogP contribution is -2.38. The standard InChI is InChI=1S/C18H18N4O2S/c1-12-11-20-18(25-12)22(16-5-3-4-14(10-16)13(2)23)17(24)21-15-6-8-19-9-7-15/h3-10,12H,11H2,1-2H3,(H,19,21,24)/t12-/m0/s1.